The number of hydrogen-bond donors (Lipinski definition) is 9. The van der Waals surface area contributed by atoms with E-state index < -0.39 is 64.0 Å². The molecule has 408 valence electrons. The van der Waals surface area contributed by atoms with E-state index in [2.05, 4.69) is 30.6 Å². The Balaban J connectivity index is 4.76. The minimum absolute atomic E-state index is 0.0275. The summed E-state index contributed by atoms with van der Waals surface area (Å²) in [5.74, 6) is -3.63. The topological polar surface area (TPSA) is 373 Å². The highest BCUT2D eigenvalue weighted by Crippen LogP contribution is 2.14. The molecular weight excluding hydrogens is 1020 g/mol. The molecule has 0 aromatic carbocycles. The van der Waals surface area contributed by atoms with E-state index in [4.69, 9.17) is 5.26 Å². The van der Waals surface area contributed by atoms with Crippen LogP contribution in [0.5, 0.6) is 0 Å². The maximum atomic E-state index is 12.5. The highest BCUT2D eigenvalue weighted by atomic mass is 32.2. The SMILES string of the molecule is C[N+](C)(CC[N+](C)(CCNC(=O)CCCCC(=O)NCC[N+](C)(CCNC(=O)CCCCC(=O)NCC[N+](C)(CC[N+](C)(C)CS(=O)(=O)O)CS(=O)(=O)O)CS(=O)(=O)O)CS(=O)(=O)O)CSOOO. The number of carbonyl (C=O) groups is 4. The van der Waals surface area contributed by atoms with Crippen molar-refractivity contribution in [2.24, 2.45) is 0 Å². The summed E-state index contributed by atoms with van der Waals surface area (Å²) in [6.07, 6.45) is 1.59. The summed E-state index contributed by atoms with van der Waals surface area (Å²) in [6, 6.07) is 0. The predicted octanol–water partition coefficient (Wildman–Crippen LogP) is -2.53. The van der Waals surface area contributed by atoms with Gasteiger partial charge in [-0.1, -0.05) is 5.04 Å². The fraction of sp³-hybridized carbons (Fsp3) is 0.889. The van der Waals surface area contributed by atoms with Crippen molar-refractivity contribution in [3.63, 3.8) is 0 Å². The molecule has 0 spiro atoms. The molecule has 0 bridgehead atoms. The van der Waals surface area contributed by atoms with Gasteiger partial charge < -0.3 is 43.7 Å². The molecule has 0 heterocycles. The van der Waals surface area contributed by atoms with Crippen LogP contribution in [0.15, 0.2) is 0 Å². The maximum Gasteiger partial charge on any atom is 0.316 e. The van der Waals surface area contributed by atoms with Crippen molar-refractivity contribution in [3.05, 3.63) is 0 Å². The van der Waals surface area contributed by atoms with Gasteiger partial charge >= 0.3 is 40.5 Å². The molecular formula is C36H80N9O19S5+5. The van der Waals surface area contributed by atoms with E-state index in [0.29, 0.717) is 49.1 Å². The predicted molar refractivity (Wildman–Crippen MR) is 254 cm³/mol. The summed E-state index contributed by atoms with van der Waals surface area (Å²) in [6.45, 7) is 1.59. The average molecular weight is 1100 g/mol. The molecule has 0 fully saturated rings. The zero-order valence-electron chi connectivity index (χ0n) is 40.9. The number of carbonyl (C=O) groups excluding carboxylic acids is 4. The zero-order valence-corrected chi connectivity index (χ0v) is 45.0. The first-order valence-electron chi connectivity index (χ1n) is 21.9. The second-order valence-corrected chi connectivity index (χ2v) is 25.9. The van der Waals surface area contributed by atoms with Crippen molar-refractivity contribution in [2.45, 2.75) is 51.4 Å². The third-order valence-corrected chi connectivity index (χ3v) is 15.8. The Morgan fingerprint density at radius 3 is 0.942 bits per heavy atom. The monoisotopic (exact) mass is 1100 g/mol. The molecule has 0 aliphatic heterocycles. The first kappa shape index (κ1) is 66.6. The van der Waals surface area contributed by atoms with Crippen molar-refractivity contribution in [1.29, 1.82) is 0 Å². The van der Waals surface area contributed by atoms with Crippen LogP contribution in [0.2, 0.25) is 0 Å². The third-order valence-electron chi connectivity index (χ3n) is 10.9. The summed E-state index contributed by atoms with van der Waals surface area (Å²) in [4.78, 5) is 50.0. The van der Waals surface area contributed by atoms with Crippen LogP contribution in [0.1, 0.15) is 51.4 Å². The molecule has 0 radical (unpaired) electrons. The number of likely N-dealkylation sites (N-methyl/N-ethyl adjacent to an activating group) is 5. The molecule has 3 unspecified atom stereocenters. The maximum absolute atomic E-state index is 12.5. The number of nitrogens with one attached hydrogen (secondary N) is 4. The molecule has 0 aromatic heterocycles. The number of quaternary nitrogens is 5. The van der Waals surface area contributed by atoms with Crippen LogP contribution in [0.25, 0.3) is 0 Å². The molecule has 0 aliphatic rings. The second-order valence-electron chi connectivity index (χ2n) is 19.6. The van der Waals surface area contributed by atoms with Gasteiger partial charge in [-0.05, 0) is 25.7 Å². The van der Waals surface area contributed by atoms with E-state index in [9.17, 15) is 71.1 Å². The highest BCUT2D eigenvalue weighted by molar-refractivity contribution is 7.94. The number of hydrogen-bond acceptors (Lipinski definition) is 16. The Morgan fingerprint density at radius 2 is 0.681 bits per heavy atom. The van der Waals surface area contributed by atoms with Gasteiger partial charge in [0, 0.05) is 25.7 Å². The smallest absolute Gasteiger partial charge is 0.316 e. The third kappa shape index (κ3) is 37.9. The molecule has 0 aliphatic carbocycles. The molecule has 9 N–H and O–H groups in total. The van der Waals surface area contributed by atoms with E-state index in [0.717, 1.165) is 12.0 Å². The van der Waals surface area contributed by atoms with Crippen molar-refractivity contribution in [3.8, 4) is 0 Å². The summed E-state index contributed by atoms with van der Waals surface area (Å²) in [5.41, 5.74) is 0. The quantitative estimate of drug-likeness (QED) is 0.00581. The van der Waals surface area contributed by atoms with Crippen LogP contribution in [0.3, 0.4) is 0 Å². The minimum atomic E-state index is -4.46. The van der Waals surface area contributed by atoms with E-state index >= 15 is 0 Å². The molecule has 4 amide bonds. The number of rotatable bonds is 40. The Kier molecular flexibility index (Phi) is 28.9. The first-order valence-corrected chi connectivity index (χ1v) is 29.3. The molecule has 0 aromatic rings. The Morgan fingerprint density at radius 1 is 0.420 bits per heavy atom. The van der Waals surface area contributed by atoms with E-state index in [1.165, 1.54) is 28.2 Å². The molecule has 28 nitrogen and oxygen atoms in total. The van der Waals surface area contributed by atoms with Crippen molar-refractivity contribution < 1.29 is 108 Å². The summed E-state index contributed by atoms with van der Waals surface area (Å²) >= 11 is 0.846. The molecule has 0 saturated carbocycles. The van der Waals surface area contributed by atoms with Gasteiger partial charge in [-0.3, -0.25) is 37.4 Å². The largest absolute Gasteiger partial charge is 0.350 e. The van der Waals surface area contributed by atoms with E-state index in [1.54, 1.807) is 7.05 Å². The van der Waals surface area contributed by atoms with Gasteiger partial charge in [0.15, 0.2) is 5.88 Å². The molecule has 3 atom stereocenters. The fourth-order valence-electron chi connectivity index (χ4n) is 7.04. The Labute approximate surface area is 412 Å². The highest BCUT2D eigenvalue weighted by Gasteiger charge is 2.34. The normalized spacial score (nSPS) is 15.6. The van der Waals surface area contributed by atoms with Crippen molar-refractivity contribution >= 4 is 76.1 Å². The summed E-state index contributed by atoms with van der Waals surface area (Å²) < 4.78 is 135. The van der Waals surface area contributed by atoms with Crippen LogP contribution in [0.4, 0.5) is 0 Å². The molecule has 0 rings (SSSR count). The number of amides is 4. The summed E-state index contributed by atoms with van der Waals surface area (Å²) in [7, 11) is -6.13. The van der Waals surface area contributed by atoms with Gasteiger partial charge in [-0.15, -0.1) is 4.33 Å². The van der Waals surface area contributed by atoms with Crippen LogP contribution >= 0.6 is 12.0 Å². The molecule has 33 heteroatoms. The van der Waals surface area contributed by atoms with Gasteiger partial charge in [0.25, 0.3) is 0 Å². The zero-order chi connectivity index (χ0) is 53.4. The first-order chi connectivity index (χ1) is 31.3. The minimum Gasteiger partial charge on any atom is -0.350 e. The lowest BCUT2D eigenvalue weighted by molar-refractivity contribution is -0.944. The Bertz CT molecular complexity index is 2090. The van der Waals surface area contributed by atoms with Crippen LogP contribution in [-0.4, -0.2) is 260 Å². The lowest BCUT2D eigenvalue weighted by atomic mass is 10.2. The number of nitrogens with zero attached hydrogens (tertiary/aromatic N) is 5. The molecule has 0 saturated heterocycles. The Hall–Kier alpha value is -2.45. The second kappa shape index (κ2) is 29.9. The molecule has 69 heavy (non-hydrogen) atoms. The average Bonchev–Trinajstić information content (AvgIpc) is 3.14. The van der Waals surface area contributed by atoms with Crippen molar-refractivity contribution in [1.82, 2.24) is 21.3 Å². The van der Waals surface area contributed by atoms with Gasteiger partial charge in [0.05, 0.1) is 114 Å². The van der Waals surface area contributed by atoms with Gasteiger partial charge in [-0.2, -0.15) is 33.7 Å². The van der Waals surface area contributed by atoms with Crippen LogP contribution in [0, 0.1) is 0 Å². The summed E-state index contributed by atoms with van der Waals surface area (Å²) in [5, 5.41) is 22.7. The van der Waals surface area contributed by atoms with Crippen LogP contribution in [-0.2, 0) is 69.0 Å². The lowest BCUT2D eigenvalue weighted by Crippen LogP contribution is -2.57. The van der Waals surface area contributed by atoms with E-state index in [1.807, 2.05) is 14.1 Å². The van der Waals surface area contributed by atoms with Crippen molar-refractivity contribution in [2.75, 3.05) is 157 Å². The van der Waals surface area contributed by atoms with Gasteiger partial charge in [-0.25, -0.2) is 5.26 Å². The van der Waals surface area contributed by atoms with E-state index in [-0.39, 0.29) is 133 Å². The van der Waals surface area contributed by atoms with Gasteiger partial charge in [0.1, 0.15) is 26.2 Å². The standard InChI is InChI=1S/C36H75N9O19S5/c1-41(2,28-65-64-63-50)24-26-44(6,31-68(57,58)59)22-18-39-35(48)14-10-8-12-33(46)37-16-20-43(5,30-67(54,55)56)21-17-38-34(47)13-9-11-15-36(49)40-19-23-45(7,32-69(60,61)62)27-25-42(3,4)29-66(51,52)53/h8-32H2,1-7H3,(H4-5,37,38,39,40,46,47,48,49,50,51,52,53,54,55,56,57,58,59,60,61,62)/p+5. The fourth-order valence-corrected chi connectivity index (χ4v) is 11.7. The van der Waals surface area contributed by atoms with Gasteiger partial charge in [0.2, 0.25) is 47.1 Å². The number of unbranched alkanes of at least 4 members (excludes halogenated alkanes) is 2. The van der Waals surface area contributed by atoms with Crippen LogP contribution < -0.4 is 21.3 Å². The lowest BCUT2D eigenvalue weighted by Gasteiger charge is -2.37.